The summed E-state index contributed by atoms with van der Waals surface area (Å²) in [7, 11) is -3.35. The van der Waals surface area contributed by atoms with Gasteiger partial charge in [-0.05, 0) is 42.8 Å². The average molecular weight is 426 g/mol. The summed E-state index contributed by atoms with van der Waals surface area (Å²) in [6.07, 6.45) is 1.09. The van der Waals surface area contributed by atoms with Gasteiger partial charge in [0.25, 0.3) is 0 Å². The largest absolute Gasteiger partial charge is 0.325 e. The summed E-state index contributed by atoms with van der Waals surface area (Å²) in [5.41, 5.74) is 2.11. The molecule has 0 saturated heterocycles. The van der Waals surface area contributed by atoms with Crippen LogP contribution in [0.4, 0.5) is 15.8 Å². The van der Waals surface area contributed by atoms with Gasteiger partial charge in [-0.2, -0.15) is 0 Å². The summed E-state index contributed by atoms with van der Waals surface area (Å²) in [4.78, 5) is 16.5. The Morgan fingerprint density at radius 2 is 1.96 bits per heavy atom. The van der Waals surface area contributed by atoms with E-state index in [1.807, 2.05) is 0 Å². The molecule has 1 amide bonds. The first-order chi connectivity index (χ1) is 12.7. The predicted molar refractivity (Wildman–Crippen MR) is 109 cm³/mol. The first-order valence-corrected chi connectivity index (χ1v) is 11.5. The number of aryl methyl sites for hydroxylation is 1. The molecule has 0 aliphatic carbocycles. The van der Waals surface area contributed by atoms with Crippen LogP contribution >= 0.6 is 23.1 Å². The van der Waals surface area contributed by atoms with E-state index < -0.39 is 10.0 Å². The molecule has 142 valence electrons. The Bertz CT molecular complexity index is 1110. The van der Waals surface area contributed by atoms with E-state index in [1.54, 1.807) is 37.3 Å². The van der Waals surface area contributed by atoms with Crippen molar-refractivity contribution in [1.82, 2.24) is 4.98 Å². The molecule has 2 aromatic carbocycles. The highest BCUT2D eigenvalue weighted by atomic mass is 32.2. The molecule has 10 heteroatoms. The van der Waals surface area contributed by atoms with Gasteiger partial charge in [-0.15, -0.1) is 11.3 Å². The predicted octanol–water partition coefficient (Wildman–Crippen LogP) is 3.85. The number of fused-ring (bicyclic) bond motifs is 1. The summed E-state index contributed by atoms with van der Waals surface area (Å²) >= 11 is 2.63. The fourth-order valence-corrected chi connectivity index (χ4v) is 4.70. The molecule has 3 rings (SSSR count). The number of nitrogens with one attached hydrogen (secondary N) is 2. The molecule has 3 aromatic rings. The van der Waals surface area contributed by atoms with Crippen molar-refractivity contribution in [2.45, 2.75) is 11.3 Å². The third-order valence-corrected chi connectivity index (χ3v) is 6.22. The van der Waals surface area contributed by atoms with E-state index in [4.69, 9.17) is 0 Å². The lowest BCUT2D eigenvalue weighted by atomic mass is 10.2. The van der Waals surface area contributed by atoms with Gasteiger partial charge in [0, 0.05) is 5.69 Å². The normalized spacial score (nSPS) is 11.5. The van der Waals surface area contributed by atoms with E-state index in [9.17, 15) is 17.6 Å². The molecule has 0 radical (unpaired) electrons. The highest BCUT2D eigenvalue weighted by Crippen LogP contribution is 2.31. The zero-order chi connectivity index (χ0) is 19.6. The number of carbonyl (C=O) groups is 1. The van der Waals surface area contributed by atoms with Crippen LogP contribution < -0.4 is 10.0 Å². The molecule has 1 aromatic heterocycles. The molecular weight excluding hydrogens is 409 g/mol. The molecule has 0 fully saturated rings. The van der Waals surface area contributed by atoms with Gasteiger partial charge in [0.1, 0.15) is 5.82 Å². The third-order valence-electron chi connectivity index (χ3n) is 3.45. The van der Waals surface area contributed by atoms with Crippen molar-refractivity contribution in [1.29, 1.82) is 0 Å². The summed E-state index contributed by atoms with van der Waals surface area (Å²) in [5, 5.41) is 2.65. The van der Waals surface area contributed by atoms with E-state index in [0.29, 0.717) is 21.3 Å². The van der Waals surface area contributed by atoms with Crippen molar-refractivity contribution in [2.75, 3.05) is 22.0 Å². The number of hydrogen-bond donors (Lipinski definition) is 2. The minimum Gasteiger partial charge on any atom is -0.325 e. The number of sulfonamides is 1. The Balaban J connectivity index is 1.64. The number of thiazole rings is 1. The fraction of sp³-hybridized carbons (Fsp3) is 0.176. The zero-order valence-electron chi connectivity index (χ0n) is 14.4. The van der Waals surface area contributed by atoms with Gasteiger partial charge < -0.3 is 5.32 Å². The van der Waals surface area contributed by atoms with Gasteiger partial charge in [-0.25, -0.2) is 17.8 Å². The third kappa shape index (κ3) is 5.41. The first-order valence-electron chi connectivity index (χ1n) is 7.77. The molecule has 1 heterocycles. The Morgan fingerprint density at radius 3 is 2.67 bits per heavy atom. The molecule has 0 atom stereocenters. The zero-order valence-corrected chi connectivity index (χ0v) is 16.9. The second-order valence-corrected chi connectivity index (χ2v) is 9.84. The SMILES string of the molecule is Cc1ccc(NC(=O)CSc2nc3ccc(NS(C)(=O)=O)cc3s2)cc1F. The minimum absolute atomic E-state index is 0.129. The lowest BCUT2D eigenvalue weighted by Crippen LogP contribution is -2.14. The van der Waals surface area contributed by atoms with Crippen molar-refractivity contribution in [3.63, 3.8) is 0 Å². The molecule has 0 unspecified atom stereocenters. The lowest BCUT2D eigenvalue weighted by Gasteiger charge is -2.05. The van der Waals surface area contributed by atoms with Crippen molar-refractivity contribution >= 4 is 60.6 Å². The number of rotatable bonds is 6. The molecule has 0 aliphatic rings. The summed E-state index contributed by atoms with van der Waals surface area (Å²) in [5.74, 6) is -0.504. The maximum absolute atomic E-state index is 13.5. The smallest absolute Gasteiger partial charge is 0.234 e. The molecule has 0 saturated carbocycles. The van der Waals surface area contributed by atoms with Crippen LogP contribution in [-0.4, -0.2) is 31.3 Å². The summed E-state index contributed by atoms with van der Waals surface area (Å²) in [6, 6.07) is 9.59. The Kier molecular flexibility index (Phi) is 5.68. The van der Waals surface area contributed by atoms with Gasteiger partial charge in [0.05, 0.1) is 27.9 Å². The van der Waals surface area contributed by atoms with Crippen LogP contribution in [0.1, 0.15) is 5.56 Å². The van der Waals surface area contributed by atoms with Crippen molar-refractivity contribution in [3.8, 4) is 0 Å². The second-order valence-electron chi connectivity index (χ2n) is 5.84. The number of halogens is 1. The van der Waals surface area contributed by atoms with Gasteiger partial charge >= 0.3 is 0 Å². The van der Waals surface area contributed by atoms with E-state index in [1.165, 1.54) is 29.2 Å². The second kappa shape index (κ2) is 7.83. The Hall–Kier alpha value is -2.17. The molecule has 0 spiro atoms. The number of benzene rings is 2. The quantitative estimate of drug-likeness (QED) is 0.586. The van der Waals surface area contributed by atoms with Crippen LogP contribution in [0.15, 0.2) is 40.7 Å². The minimum atomic E-state index is -3.35. The van der Waals surface area contributed by atoms with Gasteiger partial charge in [-0.3, -0.25) is 9.52 Å². The number of carbonyl (C=O) groups excluding carboxylic acids is 1. The summed E-state index contributed by atoms with van der Waals surface area (Å²) in [6.45, 7) is 1.65. The van der Waals surface area contributed by atoms with Gasteiger partial charge in [-0.1, -0.05) is 17.8 Å². The fourth-order valence-electron chi connectivity index (χ4n) is 2.24. The number of hydrogen-bond acceptors (Lipinski definition) is 6. The van der Waals surface area contributed by atoms with E-state index in [2.05, 4.69) is 15.0 Å². The highest BCUT2D eigenvalue weighted by Gasteiger charge is 2.10. The van der Waals surface area contributed by atoms with Gasteiger partial charge in [0.2, 0.25) is 15.9 Å². The van der Waals surface area contributed by atoms with Crippen LogP contribution in [0, 0.1) is 12.7 Å². The van der Waals surface area contributed by atoms with Crippen molar-refractivity contribution in [2.24, 2.45) is 0 Å². The maximum Gasteiger partial charge on any atom is 0.234 e. The summed E-state index contributed by atoms with van der Waals surface area (Å²) < 4.78 is 40.1. The number of anilines is 2. The van der Waals surface area contributed by atoms with E-state index in [-0.39, 0.29) is 17.5 Å². The monoisotopic (exact) mass is 425 g/mol. The first kappa shape index (κ1) is 19.6. The van der Waals surface area contributed by atoms with Crippen molar-refractivity contribution < 1.29 is 17.6 Å². The molecule has 27 heavy (non-hydrogen) atoms. The topological polar surface area (TPSA) is 88.2 Å². The molecule has 6 nitrogen and oxygen atoms in total. The number of aromatic nitrogens is 1. The lowest BCUT2D eigenvalue weighted by molar-refractivity contribution is -0.113. The number of thioether (sulfide) groups is 1. The van der Waals surface area contributed by atoms with E-state index >= 15 is 0 Å². The Morgan fingerprint density at radius 1 is 1.22 bits per heavy atom. The maximum atomic E-state index is 13.5. The number of nitrogens with zero attached hydrogens (tertiary/aromatic N) is 1. The molecule has 0 aliphatic heterocycles. The highest BCUT2D eigenvalue weighted by molar-refractivity contribution is 8.01. The van der Waals surface area contributed by atoms with Crippen LogP contribution in [0.5, 0.6) is 0 Å². The van der Waals surface area contributed by atoms with Crippen LogP contribution in [0.2, 0.25) is 0 Å². The standard InChI is InChI=1S/C17H16FN3O3S3/c1-10-3-4-11(7-13(10)18)19-16(22)9-25-17-20-14-6-5-12(8-15(14)26-17)21-27(2,23)24/h3-8,21H,9H2,1-2H3,(H,19,22). The molecule has 2 N–H and O–H groups in total. The van der Waals surface area contributed by atoms with Crippen molar-refractivity contribution in [3.05, 3.63) is 47.8 Å². The molecular formula is C17H16FN3O3S3. The number of amides is 1. The Labute approximate surface area is 164 Å². The van der Waals surface area contributed by atoms with Crippen LogP contribution in [0.25, 0.3) is 10.2 Å². The van der Waals surface area contributed by atoms with Gasteiger partial charge in [0.15, 0.2) is 4.34 Å². The van der Waals surface area contributed by atoms with Crippen LogP contribution in [-0.2, 0) is 14.8 Å². The molecule has 0 bridgehead atoms. The van der Waals surface area contributed by atoms with Crippen LogP contribution in [0.3, 0.4) is 0 Å². The average Bonchev–Trinajstić information content (AvgIpc) is 2.97. The van der Waals surface area contributed by atoms with E-state index in [0.717, 1.165) is 16.5 Å².